The number of H-pyrrole nitrogens is 1. The van der Waals surface area contributed by atoms with Gasteiger partial charge in [-0.15, -0.1) is 0 Å². The first-order valence-corrected chi connectivity index (χ1v) is 10.6. The van der Waals surface area contributed by atoms with Crippen molar-refractivity contribution in [1.82, 2.24) is 19.8 Å². The second-order valence-corrected chi connectivity index (χ2v) is 8.45. The van der Waals surface area contributed by atoms with Gasteiger partial charge in [-0.05, 0) is 63.2 Å². The molecule has 148 valence electrons. The number of piperidine rings is 1. The van der Waals surface area contributed by atoms with Crippen LogP contribution < -0.4 is 0 Å². The Labute approximate surface area is 172 Å². The maximum atomic E-state index is 6.23. The van der Waals surface area contributed by atoms with E-state index in [0.717, 1.165) is 46.1 Å². The number of halogens is 1. The van der Waals surface area contributed by atoms with Crippen molar-refractivity contribution in [3.05, 3.63) is 52.5 Å². The molecule has 1 N–H and O–H groups in total. The lowest BCUT2D eigenvalue weighted by molar-refractivity contribution is 0.194. The predicted octanol–water partition coefficient (Wildman–Crippen LogP) is 5.11. The molecule has 0 saturated carbocycles. The van der Waals surface area contributed by atoms with E-state index in [1.807, 2.05) is 13.0 Å². The lowest BCUT2D eigenvalue weighted by Gasteiger charge is -2.28. The van der Waals surface area contributed by atoms with Crippen LogP contribution in [0, 0.1) is 6.92 Å². The number of likely N-dealkylation sites (N-methyl/N-ethyl adjacent to an activating group) is 1. The molecule has 5 heteroatoms. The fourth-order valence-electron chi connectivity index (χ4n) is 3.93. The van der Waals surface area contributed by atoms with Gasteiger partial charge in [-0.1, -0.05) is 42.3 Å². The molecule has 1 aliphatic heterocycles. The van der Waals surface area contributed by atoms with Crippen LogP contribution in [0.3, 0.4) is 0 Å². The van der Waals surface area contributed by atoms with E-state index < -0.39 is 0 Å². The average molecular weight is 397 g/mol. The highest BCUT2D eigenvalue weighted by Gasteiger charge is 2.11. The number of nitrogens with zero attached hydrogens (tertiary/aromatic N) is 3. The number of fused-ring (bicyclic) bond motifs is 1. The molecule has 0 bridgehead atoms. The first kappa shape index (κ1) is 19.4. The topological polar surface area (TPSA) is 35.2 Å². The molecule has 2 aromatic carbocycles. The van der Waals surface area contributed by atoms with Crippen molar-refractivity contribution in [2.45, 2.75) is 32.7 Å². The largest absolute Gasteiger partial charge is 0.338 e. The van der Waals surface area contributed by atoms with Crippen molar-refractivity contribution in [2.24, 2.45) is 0 Å². The maximum Gasteiger partial charge on any atom is 0.138 e. The van der Waals surface area contributed by atoms with E-state index in [9.17, 15) is 0 Å². The van der Waals surface area contributed by atoms with Crippen molar-refractivity contribution in [3.8, 4) is 11.4 Å². The monoisotopic (exact) mass is 396 g/mol. The smallest absolute Gasteiger partial charge is 0.138 e. The number of aromatic nitrogens is 2. The Morgan fingerprint density at radius 1 is 1.11 bits per heavy atom. The van der Waals surface area contributed by atoms with Crippen LogP contribution >= 0.6 is 11.6 Å². The summed E-state index contributed by atoms with van der Waals surface area (Å²) in [7, 11) is 2.21. The van der Waals surface area contributed by atoms with Crippen LogP contribution in [-0.4, -0.2) is 53.0 Å². The summed E-state index contributed by atoms with van der Waals surface area (Å²) < 4.78 is 0. The van der Waals surface area contributed by atoms with Crippen LogP contribution in [0.15, 0.2) is 36.4 Å². The van der Waals surface area contributed by atoms with Gasteiger partial charge in [0.25, 0.3) is 0 Å². The van der Waals surface area contributed by atoms with Crippen molar-refractivity contribution in [1.29, 1.82) is 0 Å². The van der Waals surface area contributed by atoms with Gasteiger partial charge in [-0.3, -0.25) is 0 Å². The van der Waals surface area contributed by atoms with E-state index in [1.54, 1.807) is 0 Å². The van der Waals surface area contributed by atoms with Gasteiger partial charge in [-0.2, -0.15) is 0 Å². The summed E-state index contributed by atoms with van der Waals surface area (Å²) in [6, 6.07) is 12.7. The summed E-state index contributed by atoms with van der Waals surface area (Å²) in [5.74, 6) is 0.890. The van der Waals surface area contributed by atoms with Gasteiger partial charge in [0.15, 0.2) is 0 Å². The van der Waals surface area contributed by atoms with E-state index in [1.165, 1.54) is 44.5 Å². The molecule has 28 heavy (non-hydrogen) atoms. The molecule has 1 aliphatic rings. The molecular formula is C23H29ClN4. The first-order chi connectivity index (χ1) is 13.6. The molecule has 2 heterocycles. The maximum absolute atomic E-state index is 6.23. The van der Waals surface area contributed by atoms with Gasteiger partial charge in [0.05, 0.1) is 11.0 Å². The van der Waals surface area contributed by atoms with E-state index in [0.29, 0.717) is 0 Å². The minimum atomic E-state index is 0.758. The number of imidazole rings is 1. The summed E-state index contributed by atoms with van der Waals surface area (Å²) in [6.45, 7) is 7.82. The number of rotatable bonds is 6. The van der Waals surface area contributed by atoms with E-state index in [4.69, 9.17) is 16.6 Å². The normalized spacial score (nSPS) is 15.6. The van der Waals surface area contributed by atoms with Gasteiger partial charge >= 0.3 is 0 Å². The molecule has 0 spiro atoms. The highest BCUT2D eigenvalue weighted by molar-refractivity contribution is 6.32. The summed E-state index contributed by atoms with van der Waals surface area (Å²) in [5, 5.41) is 0.758. The number of nitrogens with one attached hydrogen (secondary N) is 1. The minimum Gasteiger partial charge on any atom is -0.338 e. The van der Waals surface area contributed by atoms with Crippen LogP contribution in [0.25, 0.3) is 22.4 Å². The first-order valence-electron chi connectivity index (χ1n) is 10.2. The number of benzene rings is 2. The molecule has 1 fully saturated rings. The molecule has 4 nitrogen and oxygen atoms in total. The van der Waals surface area contributed by atoms with Gasteiger partial charge in [0.2, 0.25) is 0 Å². The van der Waals surface area contributed by atoms with Crippen LogP contribution in [0.5, 0.6) is 0 Å². The molecule has 4 rings (SSSR count). The Balaban J connectivity index is 1.38. The summed E-state index contributed by atoms with van der Waals surface area (Å²) in [6.07, 6.45) is 4.12. The third-order valence-corrected chi connectivity index (χ3v) is 6.10. The molecule has 1 saturated heterocycles. The molecule has 0 radical (unpaired) electrons. The highest BCUT2D eigenvalue weighted by atomic mass is 35.5. The molecule has 3 aromatic rings. The molecule has 0 atom stereocenters. The second kappa shape index (κ2) is 8.64. The predicted molar refractivity (Wildman–Crippen MR) is 118 cm³/mol. The fourth-order valence-corrected chi connectivity index (χ4v) is 4.09. The Kier molecular flexibility index (Phi) is 6.00. The fraction of sp³-hybridized carbons (Fsp3) is 0.435. The van der Waals surface area contributed by atoms with Crippen molar-refractivity contribution >= 4 is 22.6 Å². The number of aromatic amines is 1. The third-order valence-electron chi connectivity index (χ3n) is 5.69. The molecular weight excluding hydrogens is 368 g/mol. The Morgan fingerprint density at radius 2 is 1.86 bits per heavy atom. The Hall–Kier alpha value is -1.88. The van der Waals surface area contributed by atoms with Crippen LogP contribution in [-0.2, 0) is 6.54 Å². The van der Waals surface area contributed by atoms with Crippen molar-refractivity contribution in [2.75, 3.05) is 33.2 Å². The summed E-state index contributed by atoms with van der Waals surface area (Å²) in [5.41, 5.74) is 5.43. The van der Waals surface area contributed by atoms with Gasteiger partial charge < -0.3 is 14.8 Å². The summed E-state index contributed by atoms with van der Waals surface area (Å²) in [4.78, 5) is 13.1. The number of hydrogen-bond donors (Lipinski definition) is 1. The standard InChI is InChI=1S/C23H29ClN4/c1-17-14-21-22(15-20(17)24)26-23(25-21)19-8-6-18(7-9-19)16-27(2)12-13-28-10-4-3-5-11-28/h6-9,14-15H,3-5,10-13,16H2,1-2H3,(H,25,26). The van der Waals surface area contributed by atoms with Gasteiger partial charge in [0.1, 0.15) is 5.82 Å². The summed E-state index contributed by atoms with van der Waals surface area (Å²) >= 11 is 6.23. The number of aryl methyl sites for hydroxylation is 1. The van der Waals surface area contributed by atoms with E-state index in [2.05, 4.69) is 52.2 Å². The number of likely N-dealkylation sites (tertiary alicyclic amines) is 1. The number of hydrogen-bond acceptors (Lipinski definition) is 3. The molecule has 0 amide bonds. The Morgan fingerprint density at radius 3 is 2.61 bits per heavy atom. The van der Waals surface area contributed by atoms with E-state index in [-0.39, 0.29) is 0 Å². The SMILES string of the molecule is Cc1cc2[nH]c(-c3ccc(CN(C)CCN4CCCCC4)cc3)nc2cc1Cl. The zero-order chi connectivity index (χ0) is 19.5. The quantitative estimate of drug-likeness (QED) is 0.628. The van der Waals surface area contributed by atoms with Crippen molar-refractivity contribution < 1.29 is 0 Å². The molecule has 1 aromatic heterocycles. The zero-order valence-electron chi connectivity index (χ0n) is 16.8. The van der Waals surface area contributed by atoms with Gasteiger partial charge in [-0.25, -0.2) is 4.98 Å². The average Bonchev–Trinajstić information content (AvgIpc) is 3.11. The minimum absolute atomic E-state index is 0.758. The highest BCUT2D eigenvalue weighted by Crippen LogP contribution is 2.25. The lowest BCUT2D eigenvalue weighted by Crippen LogP contribution is -2.36. The Bertz CT molecular complexity index is 887. The van der Waals surface area contributed by atoms with Crippen molar-refractivity contribution in [3.63, 3.8) is 0 Å². The molecule has 0 aliphatic carbocycles. The van der Waals surface area contributed by atoms with Gasteiger partial charge in [0, 0.05) is 30.2 Å². The third kappa shape index (κ3) is 4.57. The van der Waals surface area contributed by atoms with Crippen LogP contribution in [0.4, 0.5) is 0 Å². The lowest BCUT2D eigenvalue weighted by atomic mass is 10.1. The zero-order valence-corrected chi connectivity index (χ0v) is 17.6. The van der Waals surface area contributed by atoms with Crippen LogP contribution in [0.1, 0.15) is 30.4 Å². The second-order valence-electron chi connectivity index (χ2n) is 8.04. The molecule has 0 unspecified atom stereocenters. The van der Waals surface area contributed by atoms with E-state index >= 15 is 0 Å². The van der Waals surface area contributed by atoms with Crippen LogP contribution in [0.2, 0.25) is 5.02 Å².